The number of rotatable bonds is 2. The highest BCUT2D eigenvalue weighted by Gasteiger charge is 2.19. The van der Waals surface area contributed by atoms with E-state index >= 15 is 0 Å². The first-order valence-corrected chi connectivity index (χ1v) is 4.30. The third-order valence-corrected chi connectivity index (χ3v) is 1.93. The molecule has 0 atom stereocenters. The van der Waals surface area contributed by atoms with E-state index in [1.54, 1.807) is 0 Å². The molecule has 1 amide bonds. The molecule has 0 bridgehead atoms. The fourth-order valence-corrected chi connectivity index (χ4v) is 1.26. The van der Waals surface area contributed by atoms with E-state index in [0.717, 1.165) is 6.07 Å². The lowest BCUT2D eigenvalue weighted by molar-refractivity contribution is -0.114. The summed E-state index contributed by atoms with van der Waals surface area (Å²) in [5.74, 6) is -2.96. The highest BCUT2D eigenvalue weighted by atomic mass is 35.5. The van der Waals surface area contributed by atoms with Gasteiger partial charge in [0.15, 0.2) is 0 Å². The molecule has 0 aliphatic rings. The highest BCUT2D eigenvalue weighted by molar-refractivity contribution is 6.34. The Kier molecular flexibility index (Phi) is 3.26. The number of anilines is 1. The van der Waals surface area contributed by atoms with Crippen molar-refractivity contribution in [2.75, 3.05) is 5.32 Å². The molecule has 0 saturated carbocycles. The topological polar surface area (TPSA) is 66.4 Å². The second-order valence-corrected chi connectivity index (χ2v) is 3.17. The summed E-state index contributed by atoms with van der Waals surface area (Å²) < 4.78 is 13.1. The molecular formula is C9H7ClFNO3. The van der Waals surface area contributed by atoms with Crippen LogP contribution in [0.15, 0.2) is 12.1 Å². The van der Waals surface area contributed by atoms with Crippen LogP contribution < -0.4 is 5.32 Å². The van der Waals surface area contributed by atoms with E-state index in [1.165, 1.54) is 13.0 Å². The summed E-state index contributed by atoms with van der Waals surface area (Å²) in [6.45, 7) is 1.17. The Morgan fingerprint density at radius 2 is 2.07 bits per heavy atom. The van der Waals surface area contributed by atoms with Gasteiger partial charge in [0, 0.05) is 6.92 Å². The molecule has 0 unspecified atom stereocenters. The highest BCUT2D eigenvalue weighted by Crippen LogP contribution is 2.28. The summed E-state index contributed by atoms with van der Waals surface area (Å²) in [6, 6.07) is 2.10. The quantitative estimate of drug-likeness (QED) is 0.820. The maximum atomic E-state index is 13.1. The SMILES string of the molecule is CC(=O)Nc1c(Cl)ccc(F)c1C(=O)O. The molecule has 0 spiro atoms. The number of benzene rings is 1. The summed E-state index contributed by atoms with van der Waals surface area (Å²) in [6.07, 6.45) is 0. The van der Waals surface area contributed by atoms with Gasteiger partial charge in [-0.2, -0.15) is 0 Å². The average Bonchev–Trinajstić information content (AvgIpc) is 2.10. The Hall–Kier alpha value is -1.62. The largest absolute Gasteiger partial charge is 0.478 e. The molecule has 0 saturated heterocycles. The van der Waals surface area contributed by atoms with Crippen LogP contribution in [-0.2, 0) is 4.79 Å². The molecule has 1 aromatic rings. The predicted molar refractivity (Wildman–Crippen MR) is 52.7 cm³/mol. The first-order chi connectivity index (χ1) is 6.93. The van der Waals surface area contributed by atoms with Gasteiger partial charge in [-0.15, -0.1) is 0 Å². The number of halogens is 2. The van der Waals surface area contributed by atoms with Crippen molar-refractivity contribution in [3.05, 3.63) is 28.5 Å². The van der Waals surface area contributed by atoms with Crippen LogP contribution in [0.3, 0.4) is 0 Å². The van der Waals surface area contributed by atoms with Gasteiger partial charge in [-0.25, -0.2) is 9.18 Å². The van der Waals surface area contributed by atoms with Gasteiger partial charge in [-0.3, -0.25) is 4.79 Å². The van der Waals surface area contributed by atoms with Gasteiger partial charge < -0.3 is 10.4 Å². The van der Waals surface area contributed by atoms with Crippen molar-refractivity contribution in [1.82, 2.24) is 0 Å². The Balaban J connectivity index is 3.38. The zero-order valence-electron chi connectivity index (χ0n) is 7.67. The Labute approximate surface area is 89.7 Å². The van der Waals surface area contributed by atoms with Crippen molar-refractivity contribution in [1.29, 1.82) is 0 Å². The first kappa shape index (κ1) is 11.5. The minimum atomic E-state index is -1.49. The molecule has 2 N–H and O–H groups in total. The lowest BCUT2D eigenvalue weighted by Gasteiger charge is -2.09. The van der Waals surface area contributed by atoms with Crippen molar-refractivity contribution in [2.45, 2.75) is 6.92 Å². The molecule has 4 nitrogen and oxygen atoms in total. The van der Waals surface area contributed by atoms with E-state index in [0.29, 0.717) is 0 Å². The number of amides is 1. The standard InChI is InChI=1S/C9H7ClFNO3/c1-4(13)12-8-5(10)2-3-6(11)7(8)9(14)15/h2-3H,1H3,(H,12,13)(H,14,15). The number of carbonyl (C=O) groups is 2. The molecule has 80 valence electrons. The molecule has 1 rings (SSSR count). The maximum Gasteiger partial charge on any atom is 0.340 e. The summed E-state index contributed by atoms with van der Waals surface area (Å²) >= 11 is 5.64. The summed E-state index contributed by atoms with van der Waals surface area (Å²) in [4.78, 5) is 21.5. The van der Waals surface area contributed by atoms with Crippen molar-refractivity contribution in [3.63, 3.8) is 0 Å². The first-order valence-electron chi connectivity index (χ1n) is 3.92. The van der Waals surface area contributed by atoms with Gasteiger partial charge in [0.2, 0.25) is 5.91 Å². The van der Waals surface area contributed by atoms with Crippen LogP contribution in [0.2, 0.25) is 5.02 Å². The fourth-order valence-electron chi connectivity index (χ4n) is 1.06. The number of hydrogen-bond acceptors (Lipinski definition) is 2. The van der Waals surface area contributed by atoms with Crippen LogP contribution in [0.4, 0.5) is 10.1 Å². The zero-order chi connectivity index (χ0) is 11.6. The number of carboxylic acid groups (broad SMARTS) is 1. The van der Waals surface area contributed by atoms with Gasteiger partial charge in [-0.1, -0.05) is 11.6 Å². The predicted octanol–water partition coefficient (Wildman–Crippen LogP) is 2.14. The second kappa shape index (κ2) is 4.27. The monoisotopic (exact) mass is 231 g/mol. The molecule has 6 heteroatoms. The van der Waals surface area contributed by atoms with Gasteiger partial charge in [0.25, 0.3) is 0 Å². The van der Waals surface area contributed by atoms with Crippen LogP contribution in [0.1, 0.15) is 17.3 Å². The van der Waals surface area contributed by atoms with E-state index < -0.39 is 23.3 Å². The van der Waals surface area contributed by atoms with Crippen LogP contribution in [-0.4, -0.2) is 17.0 Å². The molecule has 0 heterocycles. The van der Waals surface area contributed by atoms with Gasteiger partial charge >= 0.3 is 5.97 Å². The van der Waals surface area contributed by atoms with Gasteiger partial charge in [0.05, 0.1) is 10.7 Å². The lowest BCUT2D eigenvalue weighted by Crippen LogP contribution is -2.13. The Morgan fingerprint density at radius 1 is 1.47 bits per heavy atom. The zero-order valence-corrected chi connectivity index (χ0v) is 8.43. The summed E-state index contributed by atoms with van der Waals surface area (Å²) in [5, 5.41) is 10.9. The molecular weight excluding hydrogens is 225 g/mol. The summed E-state index contributed by atoms with van der Waals surface area (Å²) in [7, 11) is 0. The number of carboxylic acids is 1. The average molecular weight is 232 g/mol. The van der Waals surface area contributed by atoms with Crippen LogP contribution >= 0.6 is 11.6 Å². The van der Waals surface area contributed by atoms with Crippen LogP contribution in [0.25, 0.3) is 0 Å². The van der Waals surface area contributed by atoms with Gasteiger partial charge in [0.1, 0.15) is 11.4 Å². The smallest absolute Gasteiger partial charge is 0.340 e. The molecule has 1 aromatic carbocycles. The third-order valence-electron chi connectivity index (χ3n) is 1.62. The molecule has 0 radical (unpaired) electrons. The Morgan fingerprint density at radius 3 is 2.53 bits per heavy atom. The van der Waals surface area contributed by atoms with Crippen molar-refractivity contribution in [3.8, 4) is 0 Å². The second-order valence-electron chi connectivity index (χ2n) is 2.77. The summed E-state index contributed by atoms with van der Waals surface area (Å²) in [5.41, 5.74) is -0.866. The van der Waals surface area contributed by atoms with Crippen LogP contribution in [0.5, 0.6) is 0 Å². The molecule has 15 heavy (non-hydrogen) atoms. The Bertz CT molecular complexity index is 434. The molecule has 0 fully saturated rings. The molecule has 0 aromatic heterocycles. The number of hydrogen-bond donors (Lipinski definition) is 2. The normalized spacial score (nSPS) is 9.80. The minimum absolute atomic E-state index is 0.0241. The lowest BCUT2D eigenvalue weighted by atomic mass is 10.1. The van der Waals surface area contributed by atoms with Crippen LogP contribution in [0, 0.1) is 5.82 Å². The number of nitrogens with one attached hydrogen (secondary N) is 1. The fraction of sp³-hybridized carbons (Fsp3) is 0.111. The maximum absolute atomic E-state index is 13.1. The van der Waals surface area contributed by atoms with Crippen molar-refractivity contribution in [2.24, 2.45) is 0 Å². The molecule has 0 aliphatic carbocycles. The van der Waals surface area contributed by atoms with Crippen molar-refractivity contribution >= 4 is 29.2 Å². The van der Waals surface area contributed by atoms with E-state index in [1.807, 2.05) is 0 Å². The third kappa shape index (κ3) is 2.44. The minimum Gasteiger partial charge on any atom is -0.478 e. The number of aromatic carboxylic acids is 1. The molecule has 0 aliphatic heterocycles. The van der Waals surface area contributed by atoms with Gasteiger partial charge in [-0.05, 0) is 12.1 Å². The van der Waals surface area contributed by atoms with E-state index in [4.69, 9.17) is 16.7 Å². The van der Waals surface area contributed by atoms with Crippen molar-refractivity contribution < 1.29 is 19.1 Å². The van der Waals surface area contributed by atoms with E-state index in [9.17, 15) is 14.0 Å². The number of carbonyl (C=O) groups excluding carboxylic acids is 1. The van der Waals surface area contributed by atoms with E-state index in [2.05, 4.69) is 5.32 Å². The van der Waals surface area contributed by atoms with E-state index in [-0.39, 0.29) is 10.7 Å².